The normalized spacial score (nSPS) is 25.1. The van der Waals surface area contributed by atoms with Crippen LogP contribution in [0.3, 0.4) is 0 Å². The van der Waals surface area contributed by atoms with Crippen LogP contribution in [0.4, 0.5) is 4.79 Å². The van der Waals surface area contributed by atoms with Crippen molar-refractivity contribution in [1.82, 2.24) is 19.4 Å². The van der Waals surface area contributed by atoms with Gasteiger partial charge in [0.2, 0.25) is 11.8 Å². The predicted octanol–water partition coefficient (Wildman–Crippen LogP) is 3.76. The molecule has 0 bridgehead atoms. The van der Waals surface area contributed by atoms with E-state index in [0.717, 1.165) is 49.6 Å². The van der Waals surface area contributed by atoms with E-state index in [4.69, 9.17) is 9.47 Å². The maximum absolute atomic E-state index is 13.1. The highest BCUT2D eigenvalue weighted by atomic mass is 16.6. The number of likely N-dealkylation sites (tertiary alicyclic amines) is 1. The Morgan fingerprint density at radius 3 is 2.23 bits per heavy atom. The van der Waals surface area contributed by atoms with Gasteiger partial charge in [0.05, 0.1) is 23.2 Å². The van der Waals surface area contributed by atoms with Gasteiger partial charge in [0, 0.05) is 26.6 Å². The number of hydrogen-bond donors (Lipinski definition) is 1. The SMILES string of the molecule is Cn1c(=O)n(C2CCC(=O)NC2=O)c2ccc(C3CCC(OC4CCN(C(=O)OC(C)(C)C)CC4)CC3)cc21. The van der Waals surface area contributed by atoms with Gasteiger partial charge in [-0.3, -0.25) is 24.0 Å². The molecule has 39 heavy (non-hydrogen) atoms. The first-order chi connectivity index (χ1) is 18.5. The zero-order valence-corrected chi connectivity index (χ0v) is 23.4. The van der Waals surface area contributed by atoms with E-state index in [1.54, 1.807) is 16.5 Å². The second-order valence-corrected chi connectivity index (χ2v) is 12.2. The van der Waals surface area contributed by atoms with Gasteiger partial charge in [-0.2, -0.15) is 0 Å². The zero-order valence-electron chi connectivity index (χ0n) is 23.4. The highest BCUT2D eigenvalue weighted by molar-refractivity contribution is 6.00. The smallest absolute Gasteiger partial charge is 0.410 e. The summed E-state index contributed by atoms with van der Waals surface area (Å²) in [5, 5.41) is 2.36. The quantitative estimate of drug-likeness (QED) is 0.591. The standard InChI is InChI=1S/C29H40N4O6/c1-29(2,3)39-28(37)32-15-13-21(14-16-32)38-20-8-5-18(6-9-20)19-7-10-22-24(17-19)31(4)27(36)33(22)23-11-12-25(34)30-26(23)35/h7,10,17-18,20-21,23H,5-6,8-9,11-16H2,1-4H3,(H,30,34,35). The van der Waals surface area contributed by atoms with Gasteiger partial charge in [0.1, 0.15) is 11.6 Å². The maximum atomic E-state index is 13.1. The van der Waals surface area contributed by atoms with Gasteiger partial charge in [0.25, 0.3) is 0 Å². The van der Waals surface area contributed by atoms with E-state index in [9.17, 15) is 19.2 Å². The summed E-state index contributed by atoms with van der Waals surface area (Å²) in [5.41, 5.74) is 1.99. The summed E-state index contributed by atoms with van der Waals surface area (Å²) in [7, 11) is 1.73. The minimum absolute atomic E-state index is 0.170. The van der Waals surface area contributed by atoms with Crippen LogP contribution in [-0.2, 0) is 26.1 Å². The number of carbonyl (C=O) groups excluding carboxylic acids is 3. The second-order valence-electron chi connectivity index (χ2n) is 12.2. The number of carbonyl (C=O) groups is 3. The van der Waals surface area contributed by atoms with Gasteiger partial charge in [0.15, 0.2) is 0 Å². The Balaban J connectivity index is 1.17. The molecule has 2 saturated heterocycles. The van der Waals surface area contributed by atoms with Crippen molar-refractivity contribution < 1.29 is 23.9 Å². The maximum Gasteiger partial charge on any atom is 0.410 e. The van der Waals surface area contributed by atoms with Crippen LogP contribution in [0, 0.1) is 0 Å². The summed E-state index contributed by atoms with van der Waals surface area (Å²) in [4.78, 5) is 51.2. The fourth-order valence-corrected chi connectivity index (χ4v) is 6.17. The molecule has 1 aromatic heterocycles. The topological polar surface area (TPSA) is 112 Å². The van der Waals surface area contributed by atoms with Crippen LogP contribution in [0.5, 0.6) is 0 Å². The number of amides is 3. The van der Waals surface area contributed by atoms with Crippen LogP contribution >= 0.6 is 0 Å². The lowest BCUT2D eigenvalue weighted by Crippen LogP contribution is -2.44. The van der Waals surface area contributed by atoms with E-state index < -0.39 is 17.6 Å². The molecule has 2 aromatic rings. The number of imide groups is 1. The van der Waals surface area contributed by atoms with Gasteiger partial charge in [-0.05, 0) is 89.3 Å². The summed E-state index contributed by atoms with van der Waals surface area (Å²) in [6.07, 6.45) is 6.33. The van der Waals surface area contributed by atoms with Crippen molar-refractivity contribution in [3.63, 3.8) is 0 Å². The number of fused-ring (bicyclic) bond motifs is 1. The summed E-state index contributed by atoms with van der Waals surface area (Å²) in [6.45, 7) is 6.97. The lowest BCUT2D eigenvalue weighted by molar-refractivity contribution is -0.135. The summed E-state index contributed by atoms with van der Waals surface area (Å²) < 4.78 is 15.1. The Morgan fingerprint density at radius 2 is 1.59 bits per heavy atom. The monoisotopic (exact) mass is 540 g/mol. The molecule has 1 aliphatic carbocycles. The number of hydrogen-bond acceptors (Lipinski definition) is 6. The van der Waals surface area contributed by atoms with E-state index in [0.29, 0.717) is 25.4 Å². The first-order valence-electron chi connectivity index (χ1n) is 14.2. The summed E-state index contributed by atoms with van der Waals surface area (Å²) in [6, 6.07) is 5.42. The molecule has 5 rings (SSSR count). The Hall–Kier alpha value is -3.14. The number of benzene rings is 1. The first kappa shape index (κ1) is 27.4. The molecule has 1 saturated carbocycles. The Bertz CT molecular complexity index is 1310. The molecule has 3 amide bonds. The molecule has 0 spiro atoms. The van der Waals surface area contributed by atoms with Crippen LogP contribution in [0.25, 0.3) is 11.0 Å². The van der Waals surface area contributed by atoms with E-state index in [1.165, 1.54) is 10.1 Å². The number of imidazole rings is 1. The molecule has 1 aromatic carbocycles. The number of piperidine rings is 2. The number of nitrogens with zero attached hydrogens (tertiary/aromatic N) is 3. The lowest BCUT2D eigenvalue weighted by atomic mass is 9.82. The number of aromatic nitrogens is 2. The first-order valence-corrected chi connectivity index (χ1v) is 14.2. The van der Waals surface area contributed by atoms with Crippen molar-refractivity contribution in [2.75, 3.05) is 13.1 Å². The van der Waals surface area contributed by atoms with Gasteiger partial charge >= 0.3 is 11.8 Å². The fraction of sp³-hybridized carbons (Fsp3) is 0.655. The molecule has 0 radical (unpaired) electrons. The molecule has 1 unspecified atom stereocenters. The van der Waals surface area contributed by atoms with Crippen LogP contribution in [0.15, 0.2) is 23.0 Å². The zero-order chi connectivity index (χ0) is 27.9. The number of ether oxygens (including phenoxy) is 2. The van der Waals surface area contributed by atoms with Crippen LogP contribution in [0.2, 0.25) is 0 Å². The predicted molar refractivity (Wildman–Crippen MR) is 146 cm³/mol. The minimum Gasteiger partial charge on any atom is -0.444 e. The van der Waals surface area contributed by atoms with Gasteiger partial charge in [-0.15, -0.1) is 0 Å². The second kappa shape index (κ2) is 10.8. The molecule has 2 aliphatic heterocycles. The Morgan fingerprint density at radius 1 is 0.923 bits per heavy atom. The molecule has 3 heterocycles. The van der Waals surface area contributed by atoms with E-state index in [-0.39, 0.29) is 36.3 Å². The van der Waals surface area contributed by atoms with E-state index in [1.807, 2.05) is 26.8 Å². The molecule has 3 fully saturated rings. The van der Waals surface area contributed by atoms with Crippen molar-refractivity contribution in [2.24, 2.45) is 7.05 Å². The molecule has 1 atom stereocenters. The fourth-order valence-electron chi connectivity index (χ4n) is 6.17. The van der Waals surface area contributed by atoms with Crippen LogP contribution in [0.1, 0.15) is 89.7 Å². The van der Waals surface area contributed by atoms with Gasteiger partial charge in [-0.25, -0.2) is 9.59 Å². The molecule has 1 N–H and O–H groups in total. The number of rotatable bonds is 4. The van der Waals surface area contributed by atoms with Crippen LogP contribution in [-0.4, -0.2) is 62.8 Å². The Kier molecular flexibility index (Phi) is 7.59. The number of aryl methyl sites for hydroxylation is 1. The molecular weight excluding hydrogens is 500 g/mol. The van der Waals surface area contributed by atoms with Gasteiger partial charge < -0.3 is 14.4 Å². The third-order valence-electron chi connectivity index (χ3n) is 8.26. The third kappa shape index (κ3) is 5.90. The van der Waals surface area contributed by atoms with Crippen molar-refractivity contribution in [3.05, 3.63) is 34.2 Å². The lowest BCUT2D eigenvalue weighted by Gasteiger charge is -2.36. The largest absolute Gasteiger partial charge is 0.444 e. The van der Waals surface area contributed by atoms with E-state index >= 15 is 0 Å². The highest BCUT2D eigenvalue weighted by Gasteiger charge is 2.33. The highest BCUT2D eigenvalue weighted by Crippen LogP contribution is 2.36. The van der Waals surface area contributed by atoms with Crippen molar-refractivity contribution in [3.8, 4) is 0 Å². The van der Waals surface area contributed by atoms with Crippen molar-refractivity contribution >= 4 is 28.9 Å². The van der Waals surface area contributed by atoms with E-state index in [2.05, 4.69) is 17.4 Å². The Labute approximate surface area is 228 Å². The summed E-state index contributed by atoms with van der Waals surface area (Å²) in [5.74, 6) is -0.325. The van der Waals surface area contributed by atoms with Crippen molar-refractivity contribution in [1.29, 1.82) is 0 Å². The molecular formula is C29H40N4O6. The van der Waals surface area contributed by atoms with Crippen molar-refractivity contribution in [2.45, 2.75) is 102 Å². The third-order valence-corrected chi connectivity index (χ3v) is 8.26. The molecule has 10 nitrogen and oxygen atoms in total. The average Bonchev–Trinajstić information content (AvgIpc) is 3.13. The molecule has 212 valence electrons. The molecule has 10 heteroatoms. The number of nitrogens with one attached hydrogen (secondary N) is 1. The summed E-state index contributed by atoms with van der Waals surface area (Å²) >= 11 is 0. The molecule has 3 aliphatic rings. The van der Waals surface area contributed by atoms with Crippen LogP contribution < -0.4 is 11.0 Å². The average molecular weight is 541 g/mol. The van der Waals surface area contributed by atoms with Gasteiger partial charge in [-0.1, -0.05) is 6.07 Å². The minimum atomic E-state index is -0.673.